The Hall–Kier alpha value is -4.60. The number of carbonyl (C=O) groups excluding carboxylic acids is 6. The van der Waals surface area contributed by atoms with Crippen LogP contribution in [0.3, 0.4) is 0 Å². The Morgan fingerprint density at radius 2 is 0.557 bits per heavy atom. The fourth-order valence-corrected chi connectivity index (χ4v) is 35.3. The number of carbonyl (C=O) groups is 6. The quantitative estimate of drug-likeness (QED) is 0.00919. The van der Waals surface area contributed by atoms with Crippen LogP contribution < -0.4 is 0 Å². The molecule has 2 N–H and O–H groups in total. The third kappa shape index (κ3) is 41.5. The van der Waals surface area contributed by atoms with Crippen molar-refractivity contribution in [2.24, 2.45) is 81.8 Å². The summed E-state index contributed by atoms with van der Waals surface area (Å²) in [5.41, 5.74) is 8.84. The molecule has 5 aliphatic carbocycles. The van der Waals surface area contributed by atoms with E-state index in [0.29, 0.717) is 197 Å². The van der Waals surface area contributed by atoms with Crippen molar-refractivity contribution < 1.29 is 95.1 Å². The standard InChI is InChI=1S/2C22H31BO3P2.2C18H23BO4P2.C18H21BO4P2.2C2H6OSi.CH4/c2*1-22(2,3)16(10-9-15-7-5-4-6-8-15)11-12-17-18-13-21(24)26-19(18)14-20(17)27-28-23-25;3*20-13(7-6-12-4-2-1-3-5-12)8-9-14-15-10-18(21)23-16(15)11-17(14)24-25-19-22;2*1-4(2)3;/h2*4-8,11-12,16-20,27-28H,9-10,13-14H2,1-3H3;2*1-5,8-9,13-17,20,24-25H,6-7,10-11H2;1-5,8-9,14-17,24-25H,6-7,10-11H2;2*1-2H3;1H4/b2*12-11+;3*9-8+;;;/t16-,17+,18+,19-,20+;16-,17-,18-,19+,20-;13-,14+,15+,16-,17+;13-,14-,15-,16+,17-;14-,15-,16+,17-;;;/m01011.../s1. The van der Waals surface area contributed by atoms with Crippen LogP contribution in [0.5, 0.6) is 0 Å². The SMILES string of the molecule is C.CC(C)(C)[C@@H](/C=C/[C@@H]1[C@H]2CC(=O)O[C@H]2C[C@H]1PPB=O)CCc1ccccc1.CC(C)(C)[C@H](/C=C/[C@@H]1[C@H]2CC(=O)O[C@H]2C[C@H]1PPB=O)CCc1ccccc1.C[Si](C)=O.C[Si](C)=O.O=BPP[C@@H]1C[C@@H]2OC(=O)C[C@@H]2[C@H]1/C=C/C(=O)CCc1ccccc1.O=BPP[C@@H]1C[C@@H]2OC(=O)C[C@@H]2[C@H]1/C=C/[C@@H](O)CCc1ccccc1.O=BPP[C@@H]1C[C@@H]2OC(=O)C[C@@H]2[C@H]1/C=C/[C@H](O)CCc1ccccc1. The number of rotatable bonds is 40. The summed E-state index contributed by atoms with van der Waals surface area (Å²) in [5, 5.41) is 20.6. The maximum atomic E-state index is 12.2. The van der Waals surface area contributed by atoms with Gasteiger partial charge in [0.1, 0.15) is 0 Å². The van der Waals surface area contributed by atoms with Gasteiger partial charge in [0.15, 0.2) is 0 Å². The summed E-state index contributed by atoms with van der Waals surface area (Å²) in [7, 11) is 2.47. The number of ether oxygens (including phenoxy) is 5. The van der Waals surface area contributed by atoms with E-state index in [-0.39, 0.29) is 120 Å². The molecule has 20 nitrogen and oxygen atoms in total. The third-order valence-corrected chi connectivity index (χ3v) is 43.7. The summed E-state index contributed by atoms with van der Waals surface area (Å²) >= 11 is 0. The van der Waals surface area contributed by atoms with Gasteiger partial charge in [0, 0.05) is 0 Å². The molecule has 0 aromatic heterocycles. The number of allylic oxidation sites excluding steroid dienone is 8. The average molecular weight is 2120 g/mol. The summed E-state index contributed by atoms with van der Waals surface area (Å²) in [5.74, 6) is 3.13. The van der Waals surface area contributed by atoms with Crippen molar-refractivity contribution in [1.82, 2.24) is 0 Å². The van der Waals surface area contributed by atoms with Crippen molar-refractivity contribution in [3.05, 3.63) is 240 Å². The van der Waals surface area contributed by atoms with Crippen LogP contribution in [0.15, 0.2) is 212 Å². The van der Waals surface area contributed by atoms with Gasteiger partial charge in [0.25, 0.3) is 17.4 Å². The van der Waals surface area contributed by atoms with Gasteiger partial charge in [0.2, 0.25) is 0 Å². The minimum absolute atomic E-state index is 0. The van der Waals surface area contributed by atoms with Gasteiger partial charge >= 0.3 is 771 Å². The van der Waals surface area contributed by atoms with Gasteiger partial charge in [-0.3, -0.25) is 0 Å². The van der Waals surface area contributed by atoms with Crippen LogP contribution in [0, 0.1) is 81.8 Å². The molecule has 5 aromatic carbocycles. The van der Waals surface area contributed by atoms with Crippen molar-refractivity contribution in [2.45, 2.75) is 275 Å². The molecule has 0 amide bonds. The second-order valence-corrected chi connectivity index (χ2v) is 60.0. The summed E-state index contributed by atoms with van der Waals surface area (Å²) in [6.07, 6.45) is 35.7. The van der Waals surface area contributed by atoms with E-state index >= 15 is 0 Å². The molecular weight excluding hydrogens is 1980 g/mol. The summed E-state index contributed by atoms with van der Waals surface area (Å²) in [6.45, 7) is 25.8. The molecule has 10 aliphatic rings. The number of aryl methyl sites for hydroxylation is 5. The minimum atomic E-state index is -1.13. The second kappa shape index (κ2) is 63.9. The summed E-state index contributed by atoms with van der Waals surface area (Å²) in [6, 6.07) is 51.6. The van der Waals surface area contributed by atoms with Crippen molar-refractivity contribution in [2.75, 3.05) is 0 Å². The zero-order chi connectivity index (χ0) is 100. The Labute approximate surface area is 855 Å². The van der Waals surface area contributed by atoms with Gasteiger partial charge in [-0.1, -0.05) is 37.8 Å². The van der Waals surface area contributed by atoms with Crippen LogP contribution in [0.2, 0.25) is 26.2 Å². The van der Waals surface area contributed by atoms with Gasteiger partial charge in [-0.2, -0.15) is 0 Å². The second-order valence-electron chi connectivity index (χ2n) is 40.0. The molecule has 0 radical (unpaired) electrons. The number of aliphatic hydroxyl groups excluding tert-OH is 2. The van der Waals surface area contributed by atoms with E-state index in [1.807, 2.05) is 85.0 Å². The molecular formula is C103H145B5O20P10Si2. The third-order valence-electron chi connectivity index (χ3n) is 27.5. The number of esters is 5. The Morgan fingerprint density at radius 1 is 0.350 bits per heavy atom. The molecule has 10 fully saturated rings. The van der Waals surface area contributed by atoms with Crippen LogP contribution in [0.25, 0.3) is 0 Å². The van der Waals surface area contributed by atoms with E-state index in [0.717, 1.165) is 117 Å². The molecule has 15 rings (SSSR count). The first-order chi connectivity index (χ1) is 66.7. The average Bonchev–Trinajstić information content (AvgIpc) is 1.65. The van der Waals surface area contributed by atoms with E-state index in [1.165, 1.54) is 22.3 Å². The van der Waals surface area contributed by atoms with Crippen LogP contribution in [0.4, 0.5) is 0 Å². The molecule has 10 unspecified atom stereocenters. The predicted molar refractivity (Wildman–Crippen MR) is 590 cm³/mol. The van der Waals surface area contributed by atoms with Gasteiger partial charge < -0.3 is 8.92 Å². The molecule has 34 atom stereocenters. The van der Waals surface area contributed by atoms with Crippen molar-refractivity contribution in [3.8, 4) is 0 Å². The predicted octanol–water partition coefficient (Wildman–Crippen LogP) is 22.2. The van der Waals surface area contributed by atoms with E-state index < -0.39 is 29.6 Å². The van der Waals surface area contributed by atoms with Gasteiger partial charge in [-0.05, 0) is 26.2 Å². The van der Waals surface area contributed by atoms with Crippen molar-refractivity contribution >= 4 is 169 Å². The molecule has 750 valence electrons. The normalized spacial score (nSPS) is 28.0. The molecule has 140 heavy (non-hydrogen) atoms. The number of benzene rings is 5. The monoisotopic (exact) mass is 2120 g/mol. The van der Waals surface area contributed by atoms with Crippen LogP contribution >= 0.6 is 82.1 Å². The number of aliphatic hydroxyl groups is 2. The zero-order valence-corrected chi connectivity index (χ0v) is 93.8. The van der Waals surface area contributed by atoms with E-state index in [4.69, 9.17) is 23.7 Å². The Kier molecular flexibility index (Phi) is 55.1. The molecule has 5 saturated heterocycles. The maximum absolute atomic E-state index is 12.2. The molecule has 5 aliphatic heterocycles. The first kappa shape index (κ1) is 121. The Morgan fingerprint density at radius 3 is 0.779 bits per heavy atom. The van der Waals surface area contributed by atoms with E-state index in [9.17, 15) is 71.4 Å². The number of fused-ring (bicyclic) bond motifs is 5. The Bertz CT molecular complexity index is 4650. The van der Waals surface area contributed by atoms with Crippen LogP contribution in [0.1, 0.15) is 173 Å². The molecule has 0 spiro atoms. The molecule has 0 bridgehead atoms. The topological polar surface area (TPSA) is 309 Å². The first-order valence-electron chi connectivity index (χ1n) is 48.9. The molecule has 5 saturated carbocycles. The number of hydrogen-bond donors (Lipinski definition) is 2. The van der Waals surface area contributed by atoms with Crippen molar-refractivity contribution in [3.63, 3.8) is 0 Å². The molecule has 5 aromatic rings. The number of hydrogen-bond acceptors (Lipinski definition) is 20. The fraction of sp³-hybridized carbons (Fsp3) is 0.553. The first-order valence-corrected chi connectivity index (χ1v) is 69.5. The van der Waals surface area contributed by atoms with E-state index in [1.54, 1.807) is 32.3 Å². The fourth-order valence-electron chi connectivity index (χ4n) is 20.5. The van der Waals surface area contributed by atoms with Gasteiger partial charge in [-0.25, -0.2) is 0 Å². The van der Waals surface area contributed by atoms with Gasteiger partial charge in [0.05, 0.1) is 0 Å². The van der Waals surface area contributed by atoms with E-state index in [2.05, 4.69) is 163 Å². The zero-order valence-electron chi connectivity index (χ0n) is 81.8. The number of ketones is 1. The summed E-state index contributed by atoms with van der Waals surface area (Å²) in [4.78, 5) is 70.5. The Balaban J connectivity index is 0.000000210. The van der Waals surface area contributed by atoms with Gasteiger partial charge in [-0.15, -0.1) is 0 Å². The van der Waals surface area contributed by atoms with Crippen LogP contribution in [-0.2, 0) is 117 Å². The summed E-state index contributed by atoms with van der Waals surface area (Å²) < 4.78 is 101. The molecule has 37 heteroatoms. The van der Waals surface area contributed by atoms with Crippen molar-refractivity contribution in [1.29, 1.82) is 0 Å². The molecule has 5 heterocycles. The van der Waals surface area contributed by atoms with Crippen LogP contribution in [-0.4, -0.2) is 169 Å².